The van der Waals surface area contributed by atoms with Gasteiger partial charge in [0.1, 0.15) is 11.3 Å². The van der Waals surface area contributed by atoms with Gasteiger partial charge in [-0.05, 0) is 18.2 Å². The monoisotopic (exact) mass is 444 g/mol. The van der Waals surface area contributed by atoms with Gasteiger partial charge in [0, 0.05) is 14.1 Å². The van der Waals surface area contributed by atoms with Crippen LogP contribution in [0.15, 0.2) is 29.2 Å². The van der Waals surface area contributed by atoms with Crippen LogP contribution in [0.25, 0.3) is 0 Å². The van der Waals surface area contributed by atoms with Crippen LogP contribution < -0.4 is 14.2 Å². The summed E-state index contributed by atoms with van der Waals surface area (Å²) in [5.41, 5.74) is -2.07. The Labute approximate surface area is 170 Å². The minimum atomic E-state index is -4.61. The van der Waals surface area contributed by atoms with Crippen molar-refractivity contribution in [3.8, 4) is 11.5 Å². The highest BCUT2D eigenvalue weighted by Crippen LogP contribution is 2.41. The van der Waals surface area contributed by atoms with Gasteiger partial charge in [0.2, 0.25) is 0 Å². The molecule has 0 aromatic heterocycles. The number of carboxylic acids is 1. The number of aromatic carboxylic acids is 1. The third-order valence-corrected chi connectivity index (χ3v) is 5.30. The highest BCUT2D eigenvalue weighted by atomic mass is 32.2. The second kappa shape index (κ2) is 8.53. The first-order valence-electron chi connectivity index (χ1n) is 8.17. The number of nitrogens with zero attached hydrogens (tertiary/aromatic N) is 1. The van der Waals surface area contributed by atoms with Crippen LogP contribution in [0.1, 0.15) is 20.7 Å². The Bertz CT molecular complexity index is 1090. The highest BCUT2D eigenvalue weighted by Gasteiger charge is 2.33. The number of benzene rings is 2. The molecule has 12 heteroatoms. The quantitative estimate of drug-likeness (QED) is 0.671. The van der Waals surface area contributed by atoms with Gasteiger partial charge in [-0.15, -0.1) is 0 Å². The van der Waals surface area contributed by atoms with Gasteiger partial charge in [0.15, 0.2) is 23.1 Å². The molecule has 0 unspecified atom stereocenters. The highest BCUT2D eigenvalue weighted by molar-refractivity contribution is 7.92. The van der Waals surface area contributed by atoms with Crippen LogP contribution in [0.3, 0.4) is 0 Å². The maximum Gasteiger partial charge on any atom is 0.335 e. The van der Waals surface area contributed by atoms with E-state index in [1.165, 1.54) is 14.1 Å². The number of hydrogen-bond acceptors (Lipinski definition) is 6. The van der Waals surface area contributed by atoms with E-state index in [1.54, 1.807) is 4.72 Å². The number of carboxylic acid groups (broad SMARTS) is 1. The van der Waals surface area contributed by atoms with Gasteiger partial charge in [-0.3, -0.25) is 9.52 Å². The fourth-order valence-electron chi connectivity index (χ4n) is 2.53. The number of rotatable bonds is 7. The van der Waals surface area contributed by atoms with E-state index in [0.717, 1.165) is 43.4 Å². The average Bonchev–Trinajstić information content (AvgIpc) is 2.70. The lowest BCUT2D eigenvalue weighted by Gasteiger charge is -2.20. The molecule has 2 N–H and O–H groups in total. The maximum atomic E-state index is 15.0. The van der Waals surface area contributed by atoms with Crippen molar-refractivity contribution in [1.82, 2.24) is 4.90 Å². The Morgan fingerprint density at radius 1 is 1.07 bits per heavy atom. The lowest BCUT2D eigenvalue weighted by Crippen LogP contribution is -2.25. The van der Waals surface area contributed by atoms with Gasteiger partial charge in [0.05, 0.1) is 24.7 Å². The van der Waals surface area contributed by atoms with E-state index in [9.17, 15) is 26.8 Å². The van der Waals surface area contributed by atoms with Crippen LogP contribution in [-0.4, -0.2) is 58.6 Å². The third kappa shape index (κ3) is 4.13. The van der Waals surface area contributed by atoms with E-state index in [4.69, 9.17) is 14.6 Å². The summed E-state index contributed by atoms with van der Waals surface area (Å²) in [6, 6.07) is 4.17. The molecule has 1 amide bonds. The van der Waals surface area contributed by atoms with E-state index in [0.29, 0.717) is 0 Å². The third-order valence-electron chi connectivity index (χ3n) is 3.95. The molecule has 2 rings (SSSR count). The van der Waals surface area contributed by atoms with Gasteiger partial charge in [-0.25, -0.2) is 22.0 Å². The van der Waals surface area contributed by atoms with Gasteiger partial charge in [-0.2, -0.15) is 0 Å². The number of amides is 1. The first-order chi connectivity index (χ1) is 14.0. The predicted molar refractivity (Wildman–Crippen MR) is 102 cm³/mol. The van der Waals surface area contributed by atoms with Crippen molar-refractivity contribution in [3.63, 3.8) is 0 Å². The van der Waals surface area contributed by atoms with Gasteiger partial charge < -0.3 is 19.5 Å². The number of methoxy groups -OCH3 is 2. The van der Waals surface area contributed by atoms with Crippen molar-refractivity contribution in [3.05, 3.63) is 47.0 Å². The number of carbonyl (C=O) groups excluding carboxylic acids is 1. The molecule has 162 valence electrons. The summed E-state index contributed by atoms with van der Waals surface area (Å²) < 4.78 is 66.7. The molecule has 0 saturated carbocycles. The molecular formula is C18H18F2N2O7S. The van der Waals surface area contributed by atoms with Crippen molar-refractivity contribution in [2.45, 2.75) is 4.90 Å². The molecule has 0 aliphatic carbocycles. The molecule has 0 fully saturated rings. The normalized spacial score (nSPS) is 11.0. The van der Waals surface area contributed by atoms with Crippen molar-refractivity contribution < 1.29 is 41.4 Å². The molecule has 9 nitrogen and oxygen atoms in total. The molecule has 0 saturated heterocycles. The number of ether oxygens (including phenoxy) is 2. The van der Waals surface area contributed by atoms with Crippen molar-refractivity contribution in [2.24, 2.45) is 0 Å². The molecule has 30 heavy (non-hydrogen) atoms. The van der Waals surface area contributed by atoms with Crippen LogP contribution >= 0.6 is 0 Å². The molecule has 0 atom stereocenters. The SMILES string of the molecule is COc1c(F)c(NS(=O)(=O)c2cccc(C(=O)O)c2)c(F)c(OC)c1C(=O)N(C)C. The first-order valence-corrected chi connectivity index (χ1v) is 9.65. The van der Waals surface area contributed by atoms with E-state index < -0.39 is 61.2 Å². The first kappa shape index (κ1) is 22.9. The fourth-order valence-corrected chi connectivity index (χ4v) is 3.63. The van der Waals surface area contributed by atoms with Crippen molar-refractivity contribution in [2.75, 3.05) is 33.0 Å². The molecule has 0 aliphatic heterocycles. The number of hydrogen-bond donors (Lipinski definition) is 2. The molecule has 0 bridgehead atoms. The van der Waals surface area contributed by atoms with Crippen LogP contribution in [0.4, 0.5) is 14.5 Å². The minimum absolute atomic E-state index is 0.346. The number of nitrogens with one attached hydrogen (secondary N) is 1. The molecule has 0 radical (unpaired) electrons. The lowest BCUT2D eigenvalue weighted by atomic mass is 10.1. The molecule has 2 aromatic carbocycles. The maximum absolute atomic E-state index is 15.0. The second-order valence-electron chi connectivity index (χ2n) is 6.08. The smallest absolute Gasteiger partial charge is 0.335 e. The number of halogens is 2. The summed E-state index contributed by atoms with van der Waals surface area (Å²) in [5.74, 6) is -6.67. The topological polar surface area (TPSA) is 122 Å². The van der Waals surface area contributed by atoms with E-state index in [-0.39, 0.29) is 5.56 Å². The molecule has 2 aromatic rings. The zero-order valence-corrected chi connectivity index (χ0v) is 17.1. The van der Waals surface area contributed by atoms with E-state index in [1.807, 2.05) is 0 Å². The Morgan fingerprint density at radius 3 is 2.03 bits per heavy atom. The largest absolute Gasteiger partial charge is 0.493 e. The van der Waals surface area contributed by atoms with E-state index in [2.05, 4.69) is 0 Å². The summed E-state index contributed by atoms with van der Waals surface area (Å²) in [6.45, 7) is 0. The molecule has 0 aliphatic rings. The number of sulfonamides is 1. The predicted octanol–water partition coefficient (Wildman–Crippen LogP) is 2.18. The van der Waals surface area contributed by atoms with Gasteiger partial charge in [-0.1, -0.05) is 6.07 Å². The second-order valence-corrected chi connectivity index (χ2v) is 7.76. The summed E-state index contributed by atoms with van der Waals surface area (Å²) in [6.07, 6.45) is 0. The van der Waals surface area contributed by atoms with Crippen molar-refractivity contribution in [1.29, 1.82) is 0 Å². The Kier molecular flexibility index (Phi) is 6.50. The average molecular weight is 444 g/mol. The van der Waals surface area contributed by atoms with Crippen LogP contribution in [-0.2, 0) is 10.0 Å². The van der Waals surface area contributed by atoms with Gasteiger partial charge >= 0.3 is 5.97 Å². The standard InChI is InChI=1S/C18H18F2N2O7S/c1-22(2)17(23)11-15(28-3)12(19)14(13(20)16(11)29-4)21-30(26,27)10-7-5-6-9(8-10)18(24)25/h5-8,21H,1-4H3,(H,24,25). The Balaban J connectivity index is 2.69. The fraction of sp³-hybridized carbons (Fsp3) is 0.222. The Morgan fingerprint density at radius 2 is 1.60 bits per heavy atom. The summed E-state index contributed by atoms with van der Waals surface area (Å²) >= 11 is 0. The number of anilines is 1. The Hall–Kier alpha value is -3.41. The molecule has 0 spiro atoms. The van der Waals surface area contributed by atoms with Crippen LogP contribution in [0.5, 0.6) is 11.5 Å². The lowest BCUT2D eigenvalue weighted by molar-refractivity contribution is 0.0696. The van der Waals surface area contributed by atoms with Crippen LogP contribution in [0, 0.1) is 11.6 Å². The summed E-state index contributed by atoms with van der Waals surface area (Å²) in [7, 11) is 0.0807. The molecular weight excluding hydrogens is 426 g/mol. The zero-order chi connectivity index (χ0) is 22.8. The molecule has 0 heterocycles. The van der Waals surface area contributed by atoms with Gasteiger partial charge in [0.25, 0.3) is 15.9 Å². The number of carbonyl (C=O) groups is 2. The minimum Gasteiger partial charge on any atom is -0.493 e. The summed E-state index contributed by atoms with van der Waals surface area (Å²) in [4.78, 5) is 23.9. The van der Waals surface area contributed by atoms with Crippen molar-refractivity contribution >= 4 is 27.6 Å². The van der Waals surface area contributed by atoms with Crippen LogP contribution in [0.2, 0.25) is 0 Å². The summed E-state index contributed by atoms with van der Waals surface area (Å²) in [5, 5.41) is 9.01. The zero-order valence-electron chi connectivity index (χ0n) is 16.3. The van der Waals surface area contributed by atoms with E-state index >= 15 is 0 Å².